The minimum atomic E-state index is -0.190. The molecule has 0 radical (unpaired) electrons. The van der Waals surface area contributed by atoms with Gasteiger partial charge >= 0.3 is 0 Å². The lowest BCUT2D eigenvalue weighted by Gasteiger charge is -2.22. The fourth-order valence-electron chi connectivity index (χ4n) is 1.77. The summed E-state index contributed by atoms with van der Waals surface area (Å²) in [6, 6.07) is 9.17. The minimum Gasteiger partial charge on any atom is -0.398 e. The van der Waals surface area contributed by atoms with Crippen molar-refractivity contribution in [2.24, 2.45) is 0 Å². The maximum absolute atomic E-state index is 12.2. The molecule has 20 heavy (non-hydrogen) atoms. The van der Waals surface area contributed by atoms with Gasteiger partial charge in [0, 0.05) is 22.4 Å². The summed E-state index contributed by atoms with van der Waals surface area (Å²) in [5, 5.41) is 3.77. The summed E-state index contributed by atoms with van der Waals surface area (Å²) in [7, 11) is 0. The molecule has 1 aromatic carbocycles. The molecular formula is C15H19N3OS. The SMILES string of the molecule is CSC(C)(C)CNC(=O)c1cc(N)c2ccccc2n1. The van der Waals surface area contributed by atoms with Crippen molar-refractivity contribution < 1.29 is 4.79 Å². The van der Waals surface area contributed by atoms with Crippen molar-refractivity contribution in [2.45, 2.75) is 18.6 Å². The Morgan fingerprint density at radius 3 is 2.80 bits per heavy atom. The number of nitrogen functional groups attached to an aromatic ring is 1. The maximum Gasteiger partial charge on any atom is 0.270 e. The molecule has 0 aliphatic carbocycles. The van der Waals surface area contributed by atoms with Gasteiger partial charge in [0.25, 0.3) is 5.91 Å². The fraction of sp³-hybridized carbons (Fsp3) is 0.333. The molecule has 2 rings (SSSR count). The van der Waals surface area contributed by atoms with E-state index in [1.807, 2.05) is 30.5 Å². The molecule has 1 heterocycles. The smallest absolute Gasteiger partial charge is 0.270 e. The lowest BCUT2D eigenvalue weighted by Crippen LogP contribution is -2.36. The van der Waals surface area contributed by atoms with Gasteiger partial charge in [-0.2, -0.15) is 11.8 Å². The second-order valence-electron chi connectivity index (χ2n) is 5.26. The molecule has 106 valence electrons. The van der Waals surface area contributed by atoms with Crippen molar-refractivity contribution in [1.29, 1.82) is 0 Å². The number of nitrogens with one attached hydrogen (secondary N) is 1. The quantitative estimate of drug-likeness (QED) is 0.908. The molecule has 0 fully saturated rings. The predicted molar refractivity (Wildman–Crippen MR) is 86.1 cm³/mol. The molecule has 0 atom stereocenters. The van der Waals surface area contributed by atoms with E-state index >= 15 is 0 Å². The lowest BCUT2D eigenvalue weighted by molar-refractivity contribution is 0.0946. The zero-order valence-electron chi connectivity index (χ0n) is 11.9. The van der Waals surface area contributed by atoms with E-state index in [9.17, 15) is 4.79 Å². The van der Waals surface area contributed by atoms with Crippen LogP contribution in [0.15, 0.2) is 30.3 Å². The average molecular weight is 289 g/mol. The first-order chi connectivity index (χ1) is 9.43. The van der Waals surface area contributed by atoms with E-state index in [1.165, 1.54) is 0 Å². The number of para-hydroxylation sites is 1. The van der Waals surface area contributed by atoms with Crippen LogP contribution in [-0.2, 0) is 0 Å². The van der Waals surface area contributed by atoms with Crippen molar-refractivity contribution in [1.82, 2.24) is 10.3 Å². The molecule has 1 aromatic heterocycles. The lowest BCUT2D eigenvalue weighted by atomic mass is 10.1. The highest BCUT2D eigenvalue weighted by Gasteiger charge is 2.18. The summed E-state index contributed by atoms with van der Waals surface area (Å²) in [6.45, 7) is 4.75. The van der Waals surface area contributed by atoms with E-state index in [0.717, 1.165) is 10.9 Å². The van der Waals surface area contributed by atoms with E-state index in [1.54, 1.807) is 17.8 Å². The number of aromatic nitrogens is 1. The standard InChI is InChI=1S/C15H19N3OS/c1-15(2,20-3)9-17-14(19)13-8-11(16)10-6-4-5-7-12(10)18-13/h4-8H,9H2,1-3H3,(H2,16,18)(H,17,19). The van der Waals surface area contributed by atoms with Crippen LogP contribution in [0.4, 0.5) is 5.69 Å². The Bertz CT molecular complexity index is 640. The third-order valence-corrected chi connectivity index (χ3v) is 4.46. The second-order valence-corrected chi connectivity index (χ2v) is 6.77. The number of rotatable bonds is 4. The first-order valence-corrected chi connectivity index (χ1v) is 7.64. The predicted octanol–water partition coefficient (Wildman–Crippen LogP) is 2.69. The van der Waals surface area contributed by atoms with Crippen LogP contribution in [0.5, 0.6) is 0 Å². The number of hydrogen-bond donors (Lipinski definition) is 2. The van der Waals surface area contributed by atoms with Gasteiger partial charge in [-0.1, -0.05) is 18.2 Å². The van der Waals surface area contributed by atoms with Gasteiger partial charge in [0.2, 0.25) is 0 Å². The summed E-state index contributed by atoms with van der Waals surface area (Å²) in [4.78, 5) is 16.5. The summed E-state index contributed by atoms with van der Waals surface area (Å²) >= 11 is 1.71. The van der Waals surface area contributed by atoms with Crippen LogP contribution in [0.2, 0.25) is 0 Å². The third kappa shape index (κ3) is 3.22. The molecule has 1 amide bonds. The largest absolute Gasteiger partial charge is 0.398 e. The van der Waals surface area contributed by atoms with Gasteiger partial charge in [0.05, 0.1) is 5.52 Å². The molecule has 0 aliphatic heterocycles. The maximum atomic E-state index is 12.2. The Labute approximate surface area is 123 Å². The van der Waals surface area contributed by atoms with Crippen LogP contribution in [0, 0.1) is 0 Å². The molecule has 3 N–H and O–H groups in total. The topological polar surface area (TPSA) is 68.0 Å². The van der Waals surface area contributed by atoms with Crippen LogP contribution in [0.25, 0.3) is 10.9 Å². The highest BCUT2D eigenvalue weighted by Crippen LogP contribution is 2.21. The summed E-state index contributed by atoms with van der Waals surface area (Å²) in [5.41, 5.74) is 7.65. The fourth-order valence-corrected chi connectivity index (χ4v) is 1.99. The van der Waals surface area contributed by atoms with Gasteiger partial charge in [-0.15, -0.1) is 0 Å². The number of anilines is 1. The number of carbonyl (C=O) groups excluding carboxylic acids is 1. The number of amides is 1. The van der Waals surface area contributed by atoms with Crippen molar-refractivity contribution >= 4 is 34.3 Å². The summed E-state index contributed by atoms with van der Waals surface area (Å²) < 4.78 is -0.00193. The minimum absolute atomic E-state index is 0.00193. The zero-order valence-corrected chi connectivity index (χ0v) is 12.8. The number of nitrogens with zero attached hydrogens (tertiary/aromatic N) is 1. The molecule has 0 aliphatic rings. The van der Waals surface area contributed by atoms with Crippen LogP contribution in [-0.4, -0.2) is 28.4 Å². The number of pyridine rings is 1. The molecule has 5 heteroatoms. The number of carbonyl (C=O) groups is 1. The number of benzene rings is 1. The number of nitrogens with two attached hydrogens (primary N) is 1. The molecule has 0 saturated heterocycles. The van der Waals surface area contributed by atoms with Gasteiger partial charge in [-0.05, 0) is 32.2 Å². The van der Waals surface area contributed by atoms with Crippen LogP contribution >= 0.6 is 11.8 Å². The number of fused-ring (bicyclic) bond motifs is 1. The second kappa shape index (κ2) is 5.71. The van der Waals surface area contributed by atoms with Gasteiger partial charge in [0.15, 0.2) is 0 Å². The van der Waals surface area contributed by atoms with Gasteiger partial charge in [-0.25, -0.2) is 4.98 Å². The molecule has 0 saturated carbocycles. The van der Waals surface area contributed by atoms with E-state index in [4.69, 9.17) is 5.73 Å². The van der Waals surface area contributed by atoms with E-state index < -0.39 is 0 Å². The number of thioether (sulfide) groups is 1. The Balaban J connectivity index is 2.23. The highest BCUT2D eigenvalue weighted by atomic mass is 32.2. The summed E-state index contributed by atoms with van der Waals surface area (Å²) in [5.74, 6) is -0.190. The van der Waals surface area contributed by atoms with Crippen molar-refractivity contribution in [2.75, 3.05) is 18.5 Å². The molecular weight excluding hydrogens is 270 g/mol. The average Bonchev–Trinajstić information content (AvgIpc) is 2.45. The molecule has 2 aromatic rings. The Morgan fingerprint density at radius 2 is 2.10 bits per heavy atom. The zero-order chi connectivity index (χ0) is 14.8. The molecule has 4 nitrogen and oxygen atoms in total. The van der Waals surface area contributed by atoms with E-state index in [-0.39, 0.29) is 10.7 Å². The van der Waals surface area contributed by atoms with Gasteiger partial charge in [0.1, 0.15) is 5.69 Å². The van der Waals surface area contributed by atoms with E-state index in [2.05, 4.69) is 24.1 Å². The first-order valence-electron chi connectivity index (χ1n) is 6.41. The Hall–Kier alpha value is -1.75. The first kappa shape index (κ1) is 14.7. The van der Waals surface area contributed by atoms with Crippen molar-refractivity contribution in [3.05, 3.63) is 36.0 Å². The van der Waals surface area contributed by atoms with Gasteiger partial charge in [-0.3, -0.25) is 4.79 Å². The normalized spacial score (nSPS) is 11.6. The van der Waals surface area contributed by atoms with Crippen LogP contribution in [0.1, 0.15) is 24.3 Å². The molecule has 0 spiro atoms. The van der Waals surface area contributed by atoms with Crippen LogP contribution < -0.4 is 11.1 Å². The highest BCUT2D eigenvalue weighted by molar-refractivity contribution is 7.99. The van der Waals surface area contributed by atoms with Crippen molar-refractivity contribution in [3.63, 3.8) is 0 Å². The monoisotopic (exact) mass is 289 g/mol. The molecule has 0 unspecified atom stereocenters. The third-order valence-electron chi connectivity index (χ3n) is 3.21. The van der Waals surface area contributed by atoms with Gasteiger partial charge < -0.3 is 11.1 Å². The molecule has 0 bridgehead atoms. The van der Waals surface area contributed by atoms with Crippen molar-refractivity contribution in [3.8, 4) is 0 Å². The summed E-state index contributed by atoms with van der Waals surface area (Å²) in [6.07, 6.45) is 2.03. The number of hydrogen-bond acceptors (Lipinski definition) is 4. The Morgan fingerprint density at radius 1 is 1.40 bits per heavy atom. The van der Waals surface area contributed by atoms with Crippen LogP contribution in [0.3, 0.4) is 0 Å². The Kier molecular flexibility index (Phi) is 4.18. The van der Waals surface area contributed by atoms with E-state index in [0.29, 0.717) is 17.9 Å².